The first-order valence-corrected chi connectivity index (χ1v) is 9.65. The number of hydrogen-bond acceptors (Lipinski definition) is 3. The average molecular weight is 351 g/mol. The molecule has 0 aliphatic heterocycles. The third-order valence-electron chi connectivity index (χ3n) is 4.37. The van der Waals surface area contributed by atoms with Gasteiger partial charge in [0.2, 0.25) is 0 Å². The largest absolute Gasteiger partial charge is 0.285 e. The second-order valence-corrected chi connectivity index (χ2v) is 8.91. The Hall–Kier alpha value is -2.00. The van der Waals surface area contributed by atoms with Crippen molar-refractivity contribution >= 4 is 27.8 Å². The lowest BCUT2D eigenvalue weighted by atomic mass is 9.84. The van der Waals surface area contributed by atoms with Gasteiger partial charge < -0.3 is 0 Å². The predicted molar refractivity (Wildman–Crippen MR) is 110 cm³/mol. The van der Waals surface area contributed by atoms with Crippen LogP contribution in [0.4, 0.5) is 0 Å². The molecule has 0 atom stereocenters. The second kappa shape index (κ2) is 7.09. The van der Waals surface area contributed by atoms with Crippen molar-refractivity contribution in [2.75, 3.05) is 0 Å². The molecule has 3 aromatic rings. The van der Waals surface area contributed by atoms with Crippen molar-refractivity contribution in [3.63, 3.8) is 0 Å². The van der Waals surface area contributed by atoms with E-state index in [9.17, 15) is 0 Å². The van der Waals surface area contributed by atoms with E-state index in [1.54, 1.807) is 11.3 Å². The van der Waals surface area contributed by atoms with Crippen molar-refractivity contribution in [1.29, 1.82) is 0 Å². The number of hydrogen-bond donors (Lipinski definition) is 0. The first kappa shape index (κ1) is 17.8. The van der Waals surface area contributed by atoms with Gasteiger partial charge in [-0.05, 0) is 46.2 Å². The Morgan fingerprint density at radius 1 is 1.12 bits per heavy atom. The van der Waals surface area contributed by atoms with Crippen LogP contribution in [0.3, 0.4) is 0 Å². The van der Waals surface area contributed by atoms with E-state index in [0.29, 0.717) is 12.5 Å². The van der Waals surface area contributed by atoms with Crippen LogP contribution >= 0.6 is 11.3 Å². The normalized spacial score (nSPS) is 12.6. The molecule has 2 nitrogen and oxygen atoms in total. The van der Waals surface area contributed by atoms with Crippen LogP contribution in [-0.2, 0) is 12.0 Å². The minimum Gasteiger partial charge on any atom is -0.285 e. The quantitative estimate of drug-likeness (QED) is 0.504. The molecule has 0 bridgehead atoms. The van der Waals surface area contributed by atoms with Crippen molar-refractivity contribution < 1.29 is 0 Å². The zero-order valence-corrected chi connectivity index (χ0v) is 16.5. The highest BCUT2D eigenvalue weighted by molar-refractivity contribution is 7.18. The average Bonchev–Trinajstić information content (AvgIpc) is 2.96. The molecule has 2 aromatic carbocycles. The topological polar surface area (TPSA) is 25.2 Å². The Morgan fingerprint density at radius 3 is 2.56 bits per heavy atom. The smallest absolute Gasteiger partial charge is 0.115 e. The number of rotatable bonds is 4. The van der Waals surface area contributed by atoms with Gasteiger partial charge in [0.25, 0.3) is 0 Å². The molecule has 0 spiro atoms. The Balaban J connectivity index is 1.86. The van der Waals surface area contributed by atoms with Crippen molar-refractivity contribution in [2.24, 2.45) is 4.99 Å². The Morgan fingerprint density at radius 2 is 1.88 bits per heavy atom. The summed E-state index contributed by atoms with van der Waals surface area (Å²) in [6.07, 6.45) is 2.02. The van der Waals surface area contributed by atoms with Gasteiger partial charge in [0.1, 0.15) is 5.01 Å². The maximum atomic E-state index is 4.70. The van der Waals surface area contributed by atoms with Gasteiger partial charge in [-0.1, -0.05) is 58.9 Å². The van der Waals surface area contributed by atoms with Crippen LogP contribution in [0.2, 0.25) is 0 Å². The molecular weight excluding hydrogens is 324 g/mol. The van der Waals surface area contributed by atoms with Gasteiger partial charge in [-0.2, -0.15) is 0 Å². The van der Waals surface area contributed by atoms with Crippen LogP contribution in [0, 0.1) is 0 Å². The van der Waals surface area contributed by atoms with E-state index >= 15 is 0 Å². The van der Waals surface area contributed by atoms with E-state index in [2.05, 4.69) is 76.0 Å². The van der Waals surface area contributed by atoms with Crippen molar-refractivity contribution in [1.82, 2.24) is 4.98 Å². The van der Waals surface area contributed by atoms with Crippen molar-refractivity contribution in [2.45, 2.75) is 52.5 Å². The van der Waals surface area contributed by atoms with Crippen LogP contribution in [0.15, 0.2) is 47.5 Å². The fourth-order valence-corrected chi connectivity index (χ4v) is 3.79. The molecule has 1 aromatic heterocycles. The summed E-state index contributed by atoms with van der Waals surface area (Å²) < 4.78 is 1.23. The third-order valence-corrected chi connectivity index (χ3v) is 5.39. The van der Waals surface area contributed by atoms with Crippen LogP contribution in [-0.4, -0.2) is 11.2 Å². The van der Waals surface area contributed by atoms with Crippen LogP contribution in [0.25, 0.3) is 10.2 Å². The van der Waals surface area contributed by atoms with Gasteiger partial charge in [0.15, 0.2) is 0 Å². The van der Waals surface area contributed by atoms with Crippen LogP contribution < -0.4 is 0 Å². The molecule has 0 saturated carbocycles. The summed E-state index contributed by atoms with van der Waals surface area (Å²) >= 11 is 1.73. The lowest BCUT2D eigenvalue weighted by Gasteiger charge is -2.21. The zero-order valence-electron chi connectivity index (χ0n) is 15.7. The molecule has 1 heterocycles. The summed E-state index contributed by atoms with van der Waals surface area (Å²) in [4.78, 5) is 9.36. The number of nitrogens with zero attached hydrogens (tertiary/aromatic N) is 2. The number of thiazole rings is 1. The lowest BCUT2D eigenvalue weighted by Crippen LogP contribution is -2.12. The maximum Gasteiger partial charge on any atom is 0.115 e. The summed E-state index contributed by atoms with van der Waals surface area (Å²) in [6.45, 7) is 11.9. The van der Waals surface area contributed by atoms with Crippen molar-refractivity contribution in [3.8, 4) is 0 Å². The summed E-state index contributed by atoms with van der Waals surface area (Å²) in [5.41, 5.74) is 5.13. The van der Waals surface area contributed by atoms with E-state index in [4.69, 9.17) is 4.99 Å². The monoisotopic (exact) mass is 350 g/mol. The first-order valence-electron chi connectivity index (χ1n) is 8.83. The fourth-order valence-electron chi connectivity index (χ4n) is 2.89. The maximum absolute atomic E-state index is 4.70. The highest BCUT2D eigenvalue weighted by Crippen LogP contribution is 2.27. The highest BCUT2D eigenvalue weighted by Gasteiger charge is 2.16. The molecule has 25 heavy (non-hydrogen) atoms. The molecule has 0 unspecified atom stereocenters. The molecule has 0 radical (unpaired) electrons. The lowest BCUT2D eigenvalue weighted by molar-refractivity contribution is 0.589. The van der Waals surface area contributed by atoms with Gasteiger partial charge in [-0.15, -0.1) is 11.3 Å². The van der Waals surface area contributed by atoms with E-state index in [-0.39, 0.29) is 5.41 Å². The molecule has 3 rings (SSSR count). The van der Waals surface area contributed by atoms with Gasteiger partial charge in [0, 0.05) is 6.21 Å². The first-order chi connectivity index (χ1) is 11.8. The molecule has 130 valence electrons. The number of aromatic nitrogens is 1. The zero-order chi connectivity index (χ0) is 18.0. The second-order valence-electron chi connectivity index (χ2n) is 7.79. The summed E-state index contributed by atoms with van der Waals surface area (Å²) in [5, 5.41) is 1.07. The Bertz CT molecular complexity index is 865. The fraction of sp³-hybridized carbons (Fsp3) is 0.364. The molecule has 0 N–H and O–H groups in total. The van der Waals surface area contributed by atoms with E-state index in [1.807, 2.05) is 12.3 Å². The van der Waals surface area contributed by atoms with Gasteiger partial charge in [-0.25, -0.2) is 4.98 Å². The van der Waals surface area contributed by atoms with E-state index in [1.165, 1.54) is 21.4 Å². The number of fused-ring (bicyclic) bond motifs is 1. The Kier molecular flexibility index (Phi) is 5.05. The Labute approximate surface area is 154 Å². The number of para-hydroxylation sites is 1. The summed E-state index contributed by atoms with van der Waals surface area (Å²) in [5.74, 6) is 0.484. The minimum absolute atomic E-state index is 0.144. The predicted octanol–water partition coefficient (Wildman–Crippen LogP) is 6.34. The van der Waals surface area contributed by atoms with E-state index < -0.39 is 0 Å². The number of benzene rings is 2. The molecular formula is C22H26N2S. The molecule has 0 saturated heterocycles. The molecule has 0 aliphatic rings. The molecule has 3 heteroatoms. The molecule has 0 fully saturated rings. The number of aliphatic imine (C=N–C) groups is 1. The van der Waals surface area contributed by atoms with Crippen molar-refractivity contribution in [3.05, 3.63) is 64.2 Å². The van der Waals surface area contributed by atoms with Crippen LogP contribution in [0.1, 0.15) is 62.2 Å². The summed E-state index contributed by atoms with van der Waals surface area (Å²) in [6, 6.07) is 15.1. The van der Waals surface area contributed by atoms with E-state index in [0.717, 1.165) is 10.5 Å². The van der Waals surface area contributed by atoms with Gasteiger partial charge >= 0.3 is 0 Å². The van der Waals surface area contributed by atoms with Crippen LogP contribution in [0.5, 0.6) is 0 Å². The van der Waals surface area contributed by atoms with Gasteiger partial charge in [-0.3, -0.25) is 4.99 Å². The highest BCUT2D eigenvalue weighted by atomic mass is 32.1. The molecule has 0 amide bonds. The van der Waals surface area contributed by atoms with Gasteiger partial charge in [0.05, 0.1) is 16.8 Å². The minimum atomic E-state index is 0.144. The standard InChI is InChI=1S/C22H26N2S/c1-15(2)18-11-10-17(22(3,4)5)12-16(18)13-23-14-21-24-19-8-6-7-9-20(19)25-21/h6-13,15H,14H2,1-5H3/b23-13+. The SMILES string of the molecule is CC(C)c1ccc(C(C)(C)C)cc1/C=N/Cc1nc2ccccc2s1. The summed E-state index contributed by atoms with van der Waals surface area (Å²) in [7, 11) is 0. The molecule has 0 aliphatic carbocycles. The third kappa shape index (κ3) is 4.16.